The van der Waals surface area contributed by atoms with Gasteiger partial charge in [-0.15, -0.1) is 0 Å². The molecular weight excluding hydrogens is 300 g/mol. The third-order valence-electron chi connectivity index (χ3n) is 3.64. The normalized spacial score (nSPS) is 14.9. The van der Waals surface area contributed by atoms with Crippen molar-refractivity contribution in [3.05, 3.63) is 28.8 Å². The lowest BCUT2D eigenvalue weighted by Gasteiger charge is -2.15. The maximum atomic E-state index is 11.5. The molecule has 0 atom stereocenters. The summed E-state index contributed by atoms with van der Waals surface area (Å²) in [5, 5.41) is 4.04. The van der Waals surface area contributed by atoms with Gasteiger partial charge in [-0.2, -0.15) is 0 Å². The monoisotopic (exact) mass is 324 g/mol. The topological polar surface area (TPSA) is 41.6 Å². The van der Waals surface area contributed by atoms with Crippen LogP contribution in [0.5, 0.6) is 5.75 Å². The maximum Gasteiger partial charge on any atom is 0.222 e. The third-order valence-corrected chi connectivity index (χ3v) is 3.94. The molecule has 0 spiro atoms. The van der Waals surface area contributed by atoms with Crippen LogP contribution in [0.4, 0.5) is 0 Å². The minimum atomic E-state index is 0.120. The molecule has 1 heterocycles. The van der Waals surface area contributed by atoms with E-state index in [4.69, 9.17) is 16.3 Å². The van der Waals surface area contributed by atoms with Crippen molar-refractivity contribution < 1.29 is 9.53 Å². The van der Waals surface area contributed by atoms with Crippen LogP contribution in [0.1, 0.15) is 38.7 Å². The van der Waals surface area contributed by atoms with E-state index in [1.807, 2.05) is 36.9 Å². The first-order chi connectivity index (χ1) is 10.6. The predicted molar refractivity (Wildman–Crippen MR) is 89.4 cm³/mol. The Morgan fingerprint density at radius 2 is 2.23 bits per heavy atom. The molecule has 5 heteroatoms. The molecule has 0 aliphatic carbocycles. The number of rotatable bonds is 8. The van der Waals surface area contributed by atoms with E-state index in [0.717, 1.165) is 56.8 Å². The summed E-state index contributed by atoms with van der Waals surface area (Å²) in [6.07, 6.45) is 2.83. The average Bonchev–Trinajstić information content (AvgIpc) is 2.86. The van der Waals surface area contributed by atoms with Crippen LogP contribution in [0, 0.1) is 0 Å². The standard InChI is InChI=1S/C17H25ClN2O2/c1-13(2)22-16-7-6-14(11-15(16)18)12-19-8-4-10-20-9-3-5-17(20)21/h6-7,11,13,19H,3-5,8-10,12H2,1-2H3. The molecule has 0 unspecified atom stereocenters. The molecule has 0 aromatic heterocycles. The Hall–Kier alpha value is -1.26. The summed E-state index contributed by atoms with van der Waals surface area (Å²) in [5.74, 6) is 1.03. The Morgan fingerprint density at radius 1 is 1.41 bits per heavy atom. The van der Waals surface area contributed by atoms with E-state index in [0.29, 0.717) is 10.9 Å². The Bertz CT molecular complexity index is 505. The van der Waals surface area contributed by atoms with Gasteiger partial charge >= 0.3 is 0 Å². The van der Waals surface area contributed by atoms with Crippen LogP contribution in [0.3, 0.4) is 0 Å². The number of carbonyl (C=O) groups is 1. The number of ether oxygens (including phenoxy) is 1. The lowest BCUT2D eigenvalue weighted by Crippen LogP contribution is -2.28. The zero-order valence-corrected chi connectivity index (χ0v) is 14.2. The first-order valence-electron chi connectivity index (χ1n) is 8.00. The SMILES string of the molecule is CC(C)Oc1ccc(CNCCCN2CCCC2=O)cc1Cl. The largest absolute Gasteiger partial charge is 0.489 e. The number of benzene rings is 1. The lowest BCUT2D eigenvalue weighted by atomic mass is 10.2. The van der Waals surface area contributed by atoms with Crippen molar-refractivity contribution in [3.8, 4) is 5.75 Å². The van der Waals surface area contributed by atoms with Gasteiger partial charge in [0.2, 0.25) is 5.91 Å². The highest BCUT2D eigenvalue weighted by Crippen LogP contribution is 2.26. The molecule has 1 fully saturated rings. The molecule has 2 rings (SSSR count). The molecule has 0 bridgehead atoms. The number of hydrogen-bond donors (Lipinski definition) is 1. The fraction of sp³-hybridized carbons (Fsp3) is 0.588. The van der Waals surface area contributed by atoms with Gasteiger partial charge in [0, 0.05) is 26.1 Å². The van der Waals surface area contributed by atoms with Gasteiger partial charge in [-0.1, -0.05) is 17.7 Å². The van der Waals surface area contributed by atoms with Crippen molar-refractivity contribution in [3.63, 3.8) is 0 Å². The first-order valence-corrected chi connectivity index (χ1v) is 8.37. The van der Waals surface area contributed by atoms with E-state index < -0.39 is 0 Å². The third kappa shape index (κ3) is 5.18. The highest BCUT2D eigenvalue weighted by molar-refractivity contribution is 6.32. The smallest absolute Gasteiger partial charge is 0.222 e. The van der Waals surface area contributed by atoms with Crippen molar-refractivity contribution >= 4 is 17.5 Å². The van der Waals surface area contributed by atoms with Crippen LogP contribution in [0.2, 0.25) is 5.02 Å². The number of nitrogens with zero attached hydrogens (tertiary/aromatic N) is 1. The molecule has 0 saturated carbocycles. The van der Waals surface area contributed by atoms with Crippen LogP contribution in [-0.2, 0) is 11.3 Å². The molecule has 1 aromatic rings. The number of hydrogen-bond acceptors (Lipinski definition) is 3. The van der Waals surface area contributed by atoms with E-state index in [2.05, 4.69) is 5.32 Å². The fourth-order valence-electron chi connectivity index (χ4n) is 2.57. The van der Waals surface area contributed by atoms with Crippen molar-refractivity contribution in [1.82, 2.24) is 10.2 Å². The molecular formula is C17H25ClN2O2. The summed E-state index contributed by atoms with van der Waals surface area (Å²) in [7, 11) is 0. The zero-order valence-electron chi connectivity index (χ0n) is 13.4. The minimum absolute atomic E-state index is 0.120. The van der Waals surface area contributed by atoms with Crippen molar-refractivity contribution in [2.75, 3.05) is 19.6 Å². The van der Waals surface area contributed by atoms with Gasteiger partial charge in [-0.05, 0) is 50.9 Å². The van der Waals surface area contributed by atoms with Gasteiger partial charge in [-0.25, -0.2) is 0 Å². The Labute approximate surface area is 137 Å². The molecule has 1 amide bonds. The molecule has 1 aliphatic rings. The van der Waals surface area contributed by atoms with Gasteiger partial charge in [-0.3, -0.25) is 4.79 Å². The fourth-order valence-corrected chi connectivity index (χ4v) is 2.82. The highest BCUT2D eigenvalue weighted by atomic mass is 35.5. The second kappa shape index (κ2) is 8.39. The summed E-state index contributed by atoms with van der Waals surface area (Å²) in [6, 6.07) is 5.89. The van der Waals surface area contributed by atoms with Crippen molar-refractivity contribution in [2.24, 2.45) is 0 Å². The Balaban J connectivity index is 1.68. The van der Waals surface area contributed by atoms with Crippen LogP contribution < -0.4 is 10.1 Å². The van der Waals surface area contributed by atoms with E-state index in [9.17, 15) is 4.79 Å². The molecule has 4 nitrogen and oxygen atoms in total. The second-order valence-corrected chi connectivity index (χ2v) is 6.35. The summed E-state index contributed by atoms with van der Waals surface area (Å²) in [5.41, 5.74) is 1.14. The van der Waals surface area contributed by atoms with Crippen molar-refractivity contribution in [2.45, 2.75) is 45.8 Å². The quantitative estimate of drug-likeness (QED) is 0.746. The maximum absolute atomic E-state index is 11.5. The molecule has 1 N–H and O–H groups in total. The van der Waals surface area contributed by atoms with Gasteiger partial charge < -0.3 is 15.0 Å². The summed E-state index contributed by atoms with van der Waals surface area (Å²) in [4.78, 5) is 13.4. The molecule has 1 saturated heterocycles. The Kier molecular flexibility index (Phi) is 6.52. The van der Waals surface area contributed by atoms with Crippen LogP contribution in [-0.4, -0.2) is 36.5 Å². The predicted octanol–water partition coefficient (Wildman–Crippen LogP) is 3.23. The van der Waals surface area contributed by atoms with Crippen LogP contribution >= 0.6 is 11.6 Å². The van der Waals surface area contributed by atoms with Gasteiger partial charge in [0.05, 0.1) is 11.1 Å². The van der Waals surface area contributed by atoms with E-state index in [-0.39, 0.29) is 6.10 Å². The van der Waals surface area contributed by atoms with E-state index in [1.54, 1.807) is 0 Å². The summed E-state index contributed by atoms with van der Waals surface area (Å²) < 4.78 is 5.62. The number of carbonyl (C=O) groups excluding carboxylic acids is 1. The summed E-state index contributed by atoms with van der Waals surface area (Å²) >= 11 is 6.22. The minimum Gasteiger partial charge on any atom is -0.489 e. The second-order valence-electron chi connectivity index (χ2n) is 5.95. The number of nitrogens with one attached hydrogen (secondary N) is 1. The van der Waals surface area contributed by atoms with Crippen LogP contribution in [0.25, 0.3) is 0 Å². The van der Waals surface area contributed by atoms with Crippen LogP contribution in [0.15, 0.2) is 18.2 Å². The lowest BCUT2D eigenvalue weighted by molar-refractivity contribution is -0.127. The van der Waals surface area contributed by atoms with Gasteiger partial charge in [0.15, 0.2) is 0 Å². The number of likely N-dealkylation sites (tertiary alicyclic amines) is 1. The van der Waals surface area contributed by atoms with Crippen molar-refractivity contribution in [1.29, 1.82) is 0 Å². The van der Waals surface area contributed by atoms with E-state index in [1.165, 1.54) is 0 Å². The molecule has 22 heavy (non-hydrogen) atoms. The molecule has 0 radical (unpaired) electrons. The zero-order chi connectivity index (χ0) is 15.9. The van der Waals surface area contributed by atoms with Gasteiger partial charge in [0.1, 0.15) is 5.75 Å². The average molecular weight is 325 g/mol. The number of amides is 1. The molecule has 1 aliphatic heterocycles. The summed E-state index contributed by atoms with van der Waals surface area (Å²) in [6.45, 7) is 7.41. The Morgan fingerprint density at radius 3 is 2.86 bits per heavy atom. The first kappa shape index (κ1) is 17.1. The van der Waals surface area contributed by atoms with E-state index >= 15 is 0 Å². The highest BCUT2D eigenvalue weighted by Gasteiger charge is 2.18. The molecule has 122 valence electrons. The number of halogens is 1. The van der Waals surface area contributed by atoms with Gasteiger partial charge in [0.25, 0.3) is 0 Å². The molecule has 1 aromatic carbocycles.